The Balaban J connectivity index is 2.23. The predicted octanol–water partition coefficient (Wildman–Crippen LogP) is 3.46. The molecule has 2 aromatic carbocycles. The van der Waals surface area contributed by atoms with Crippen molar-refractivity contribution < 1.29 is 14.6 Å². The molecule has 2 aromatic rings. The zero-order valence-electron chi connectivity index (χ0n) is 12.2. The third kappa shape index (κ3) is 3.54. The highest BCUT2D eigenvalue weighted by atomic mass is 16.5. The van der Waals surface area contributed by atoms with Crippen LogP contribution in [0, 0.1) is 0 Å². The molecule has 1 N–H and O–H groups in total. The smallest absolute Gasteiger partial charge is 0.258 e. The van der Waals surface area contributed by atoms with Crippen molar-refractivity contribution in [2.24, 2.45) is 0 Å². The van der Waals surface area contributed by atoms with E-state index in [2.05, 4.69) is 0 Å². The van der Waals surface area contributed by atoms with Crippen LogP contribution in [0.2, 0.25) is 0 Å². The maximum atomic E-state index is 12.6. The number of nitrogens with zero attached hydrogens (tertiary/aromatic N) is 1. The van der Waals surface area contributed by atoms with Gasteiger partial charge < -0.3 is 14.7 Å². The van der Waals surface area contributed by atoms with Crippen molar-refractivity contribution in [2.75, 3.05) is 18.1 Å². The van der Waals surface area contributed by atoms with Crippen LogP contribution in [0.5, 0.6) is 11.5 Å². The summed E-state index contributed by atoms with van der Waals surface area (Å²) in [6.45, 7) is 4.93. The van der Waals surface area contributed by atoms with Gasteiger partial charge in [0.15, 0.2) is 0 Å². The molecule has 0 aliphatic carbocycles. The van der Waals surface area contributed by atoms with Crippen LogP contribution in [-0.2, 0) is 0 Å². The normalized spacial score (nSPS) is 10.2. The van der Waals surface area contributed by atoms with Crippen LogP contribution >= 0.6 is 0 Å². The zero-order chi connectivity index (χ0) is 15.2. The molecular weight excluding hydrogens is 266 g/mol. The van der Waals surface area contributed by atoms with Crippen LogP contribution in [0.1, 0.15) is 24.2 Å². The number of phenols is 1. The highest BCUT2D eigenvalue weighted by Gasteiger charge is 2.16. The summed E-state index contributed by atoms with van der Waals surface area (Å²) in [5.41, 5.74) is 1.26. The van der Waals surface area contributed by atoms with Crippen molar-refractivity contribution in [3.05, 3.63) is 54.1 Å². The van der Waals surface area contributed by atoms with Gasteiger partial charge in [0.2, 0.25) is 0 Å². The average molecular weight is 285 g/mol. The van der Waals surface area contributed by atoms with E-state index in [1.54, 1.807) is 53.4 Å². The summed E-state index contributed by atoms with van der Waals surface area (Å²) in [5.74, 6) is 0.783. The molecule has 21 heavy (non-hydrogen) atoms. The van der Waals surface area contributed by atoms with Gasteiger partial charge in [-0.05, 0) is 50.2 Å². The van der Waals surface area contributed by atoms with Gasteiger partial charge in [0.1, 0.15) is 11.5 Å². The van der Waals surface area contributed by atoms with Gasteiger partial charge in [-0.1, -0.05) is 6.07 Å². The number of ether oxygens (including phenoxy) is 1. The van der Waals surface area contributed by atoms with E-state index in [4.69, 9.17) is 4.74 Å². The molecule has 0 radical (unpaired) electrons. The lowest BCUT2D eigenvalue weighted by Gasteiger charge is -2.21. The van der Waals surface area contributed by atoms with Gasteiger partial charge in [-0.25, -0.2) is 0 Å². The number of rotatable bonds is 5. The van der Waals surface area contributed by atoms with Crippen LogP contribution in [0.3, 0.4) is 0 Å². The van der Waals surface area contributed by atoms with Gasteiger partial charge in [-0.15, -0.1) is 0 Å². The molecule has 0 fully saturated rings. The Morgan fingerprint density at radius 3 is 2.43 bits per heavy atom. The average Bonchev–Trinajstić information content (AvgIpc) is 2.49. The number of aromatic hydroxyl groups is 1. The highest BCUT2D eigenvalue weighted by Crippen LogP contribution is 2.22. The van der Waals surface area contributed by atoms with Gasteiger partial charge in [-0.2, -0.15) is 0 Å². The SMILES string of the molecule is CCOc1ccc(C(=O)N(CC)c2cccc(O)c2)cc1. The number of carbonyl (C=O) groups excluding carboxylic acids is 1. The van der Waals surface area contributed by atoms with E-state index in [9.17, 15) is 9.90 Å². The molecule has 0 aromatic heterocycles. The molecule has 0 heterocycles. The second kappa shape index (κ2) is 6.79. The van der Waals surface area contributed by atoms with Crippen molar-refractivity contribution in [3.8, 4) is 11.5 Å². The lowest BCUT2D eigenvalue weighted by molar-refractivity contribution is 0.0988. The van der Waals surface area contributed by atoms with Gasteiger partial charge >= 0.3 is 0 Å². The fraction of sp³-hybridized carbons (Fsp3) is 0.235. The van der Waals surface area contributed by atoms with E-state index >= 15 is 0 Å². The summed E-state index contributed by atoms with van der Waals surface area (Å²) in [6, 6.07) is 13.8. The summed E-state index contributed by atoms with van der Waals surface area (Å²) in [6.07, 6.45) is 0. The third-order valence-electron chi connectivity index (χ3n) is 3.12. The second-order valence-corrected chi connectivity index (χ2v) is 4.53. The molecule has 1 amide bonds. The van der Waals surface area contributed by atoms with Crippen LogP contribution in [-0.4, -0.2) is 24.2 Å². The van der Waals surface area contributed by atoms with Crippen molar-refractivity contribution in [1.29, 1.82) is 0 Å². The largest absolute Gasteiger partial charge is 0.508 e. The predicted molar refractivity (Wildman–Crippen MR) is 83.1 cm³/mol. The Kier molecular flexibility index (Phi) is 4.82. The first-order valence-electron chi connectivity index (χ1n) is 6.99. The fourth-order valence-corrected chi connectivity index (χ4v) is 2.12. The first kappa shape index (κ1) is 14.9. The topological polar surface area (TPSA) is 49.8 Å². The van der Waals surface area contributed by atoms with E-state index in [0.717, 1.165) is 5.75 Å². The van der Waals surface area contributed by atoms with Crippen LogP contribution in [0.25, 0.3) is 0 Å². The number of amides is 1. The first-order valence-corrected chi connectivity index (χ1v) is 6.99. The lowest BCUT2D eigenvalue weighted by atomic mass is 10.1. The summed E-state index contributed by atoms with van der Waals surface area (Å²) >= 11 is 0. The number of hydrogen-bond donors (Lipinski definition) is 1. The molecule has 110 valence electrons. The second-order valence-electron chi connectivity index (χ2n) is 4.53. The molecule has 0 spiro atoms. The number of benzene rings is 2. The Hall–Kier alpha value is -2.49. The number of anilines is 1. The molecule has 4 heteroatoms. The Bertz CT molecular complexity index is 608. The third-order valence-corrected chi connectivity index (χ3v) is 3.12. The lowest BCUT2D eigenvalue weighted by Crippen LogP contribution is -2.30. The van der Waals surface area contributed by atoms with Crippen molar-refractivity contribution >= 4 is 11.6 Å². The molecule has 0 saturated carbocycles. The zero-order valence-corrected chi connectivity index (χ0v) is 12.2. The maximum absolute atomic E-state index is 12.6. The monoisotopic (exact) mass is 285 g/mol. The molecule has 0 aliphatic rings. The Labute approximate surface area is 124 Å². The van der Waals surface area contributed by atoms with Crippen molar-refractivity contribution in [2.45, 2.75) is 13.8 Å². The highest BCUT2D eigenvalue weighted by molar-refractivity contribution is 6.06. The van der Waals surface area contributed by atoms with E-state index in [1.165, 1.54) is 0 Å². The molecule has 0 atom stereocenters. The number of hydrogen-bond acceptors (Lipinski definition) is 3. The van der Waals surface area contributed by atoms with Crippen molar-refractivity contribution in [3.63, 3.8) is 0 Å². The van der Waals surface area contributed by atoms with Gasteiger partial charge in [0.25, 0.3) is 5.91 Å². The van der Waals surface area contributed by atoms with Gasteiger partial charge in [0, 0.05) is 23.9 Å². The maximum Gasteiger partial charge on any atom is 0.258 e. The summed E-state index contributed by atoms with van der Waals surface area (Å²) in [7, 11) is 0. The number of phenolic OH excluding ortho intramolecular Hbond substituents is 1. The summed E-state index contributed by atoms with van der Waals surface area (Å²) < 4.78 is 5.37. The van der Waals surface area contributed by atoms with Crippen LogP contribution in [0.15, 0.2) is 48.5 Å². The molecule has 0 bridgehead atoms. The standard InChI is InChI=1S/C17H19NO3/c1-3-18(14-6-5-7-15(19)12-14)17(20)13-8-10-16(11-9-13)21-4-2/h5-12,19H,3-4H2,1-2H3. The molecular formula is C17H19NO3. The van der Waals surface area contributed by atoms with Crippen molar-refractivity contribution in [1.82, 2.24) is 0 Å². The van der Waals surface area contributed by atoms with Crippen LogP contribution < -0.4 is 9.64 Å². The quantitative estimate of drug-likeness (QED) is 0.915. The van der Waals surface area contributed by atoms with E-state index in [-0.39, 0.29) is 11.7 Å². The first-order chi connectivity index (χ1) is 10.2. The van der Waals surface area contributed by atoms with E-state index in [1.807, 2.05) is 13.8 Å². The van der Waals surface area contributed by atoms with E-state index in [0.29, 0.717) is 24.4 Å². The van der Waals surface area contributed by atoms with Gasteiger partial charge in [0.05, 0.1) is 6.61 Å². The summed E-state index contributed by atoms with van der Waals surface area (Å²) in [4.78, 5) is 14.2. The number of carbonyl (C=O) groups is 1. The Morgan fingerprint density at radius 1 is 1.14 bits per heavy atom. The minimum Gasteiger partial charge on any atom is -0.508 e. The Morgan fingerprint density at radius 2 is 1.86 bits per heavy atom. The minimum atomic E-state index is -0.105. The molecule has 0 saturated heterocycles. The summed E-state index contributed by atoms with van der Waals surface area (Å²) in [5, 5.41) is 9.55. The van der Waals surface area contributed by atoms with Gasteiger partial charge in [-0.3, -0.25) is 4.79 Å². The van der Waals surface area contributed by atoms with E-state index < -0.39 is 0 Å². The molecule has 0 aliphatic heterocycles. The van der Waals surface area contributed by atoms with Crippen LogP contribution in [0.4, 0.5) is 5.69 Å². The molecule has 0 unspecified atom stereocenters. The molecule has 2 rings (SSSR count). The fourth-order valence-electron chi connectivity index (χ4n) is 2.12. The minimum absolute atomic E-state index is 0.105. The molecule has 4 nitrogen and oxygen atoms in total.